The average molecular weight is 255 g/mol. The summed E-state index contributed by atoms with van der Waals surface area (Å²) >= 11 is 0. The molecule has 0 aromatic heterocycles. The standard InChI is InChI=1S/C12H17NO3S/c1-8(12(13)14)9-2-4-10(5-3-9)17(15,16)11-6-7-11/h2-5,8,11,15-16H,6-7H2,1H3,(H2,13,14). The fourth-order valence-corrected chi connectivity index (χ4v) is 3.43. The molecule has 1 fully saturated rings. The van der Waals surface area contributed by atoms with Crippen LogP contribution in [0.1, 0.15) is 31.2 Å². The van der Waals surface area contributed by atoms with Crippen molar-refractivity contribution in [3.8, 4) is 0 Å². The minimum Gasteiger partial charge on any atom is -0.369 e. The van der Waals surface area contributed by atoms with Gasteiger partial charge in [0.25, 0.3) is 0 Å². The van der Waals surface area contributed by atoms with Gasteiger partial charge in [-0.2, -0.15) is 10.6 Å². The molecule has 1 unspecified atom stereocenters. The highest BCUT2D eigenvalue weighted by molar-refractivity contribution is 8.25. The Hall–Kier alpha value is -1.04. The molecule has 0 heterocycles. The molecule has 0 saturated heterocycles. The maximum Gasteiger partial charge on any atom is 0.224 e. The van der Waals surface area contributed by atoms with Crippen LogP contribution in [0.5, 0.6) is 0 Å². The quantitative estimate of drug-likeness (QED) is 0.773. The van der Waals surface area contributed by atoms with E-state index in [2.05, 4.69) is 0 Å². The van der Waals surface area contributed by atoms with Gasteiger partial charge in [0.2, 0.25) is 5.91 Å². The average Bonchev–Trinajstić information content (AvgIpc) is 3.12. The zero-order chi connectivity index (χ0) is 12.6. The van der Waals surface area contributed by atoms with E-state index in [-0.39, 0.29) is 17.1 Å². The Bertz CT molecular complexity index is 426. The molecule has 0 radical (unpaired) electrons. The molecule has 1 saturated carbocycles. The van der Waals surface area contributed by atoms with Gasteiger partial charge in [-0.05, 0) is 37.5 Å². The molecule has 0 aliphatic heterocycles. The van der Waals surface area contributed by atoms with Crippen LogP contribution in [-0.2, 0) is 4.79 Å². The Labute approximate surface area is 102 Å². The van der Waals surface area contributed by atoms with E-state index in [1.54, 1.807) is 31.2 Å². The number of primary amides is 1. The van der Waals surface area contributed by atoms with E-state index in [0.717, 1.165) is 18.4 Å². The summed E-state index contributed by atoms with van der Waals surface area (Å²) in [6.07, 6.45) is 1.75. The second-order valence-electron chi connectivity index (χ2n) is 4.49. The molecule has 1 amide bonds. The van der Waals surface area contributed by atoms with Crippen molar-refractivity contribution in [3.05, 3.63) is 29.8 Å². The van der Waals surface area contributed by atoms with Gasteiger partial charge in [-0.15, -0.1) is 0 Å². The fourth-order valence-electron chi connectivity index (χ4n) is 1.71. The lowest BCUT2D eigenvalue weighted by Gasteiger charge is -2.32. The highest BCUT2D eigenvalue weighted by Crippen LogP contribution is 2.61. The van der Waals surface area contributed by atoms with Crippen molar-refractivity contribution in [2.75, 3.05) is 0 Å². The van der Waals surface area contributed by atoms with Crippen LogP contribution in [0.2, 0.25) is 0 Å². The summed E-state index contributed by atoms with van der Waals surface area (Å²) in [6, 6.07) is 6.84. The van der Waals surface area contributed by atoms with Gasteiger partial charge in [-0.25, -0.2) is 0 Å². The van der Waals surface area contributed by atoms with Crippen LogP contribution in [0.3, 0.4) is 0 Å². The molecule has 1 aliphatic rings. The first kappa shape index (κ1) is 12.4. The SMILES string of the molecule is CC(C(N)=O)c1ccc(S(O)(O)C2CC2)cc1. The van der Waals surface area contributed by atoms with E-state index in [1.807, 2.05) is 0 Å². The number of rotatable bonds is 4. The van der Waals surface area contributed by atoms with E-state index in [4.69, 9.17) is 5.73 Å². The Balaban J connectivity index is 2.20. The molecule has 4 N–H and O–H groups in total. The third kappa shape index (κ3) is 2.46. The van der Waals surface area contributed by atoms with E-state index >= 15 is 0 Å². The van der Waals surface area contributed by atoms with Gasteiger partial charge in [-0.3, -0.25) is 13.9 Å². The van der Waals surface area contributed by atoms with Crippen LogP contribution in [0.4, 0.5) is 0 Å². The van der Waals surface area contributed by atoms with Crippen LogP contribution in [0.25, 0.3) is 0 Å². The predicted octanol–water partition coefficient (Wildman–Crippen LogP) is 2.55. The second kappa shape index (κ2) is 4.33. The topological polar surface area (TPSA) is 83.6 Å². The Morgan fingerprint density at radius 1 is 1.35 bits per heavy atom. The van der Waals surface area contributed by atoms with Gasteiger partial charge >= 0.3 is 0 Å². The van der Waals surface area contributed by atoms with E-state index in [0.29, 0.717) is 4.90 Å². The van der Waals surface area contributed by atoms with Crippen molar-refractivity contribution >= 4 is 16.5 Å². The Kier molecular flexibility index (Phi) is 3.16. The maximum absolute atomic E-state index is 11.0. The summed E-state index contributed by atoms with van der Waals surface area (Å²) in [5.74, 6) is -0.738. The number of nitrogens with two attached hydrogens (primary N) is 1. The highest BCUT2D eigenvalue weighted by atomic mass is 32.3. The summed E-state index contributed by atoms with van der Waals surface area (Å²) in [4.78, 5) is 11.6. The Morgan fingerprint density at radius 2 is 1.88 bits per heavy atom. The molecule has 1 atom stereocenters. The van der Waals surface area contributed by atoms with Crippen molar-refractivity contribution in [2.24, 2.45) is 5.73 Å². The second-order valence-corrected chi connectivity index (χ2v) is 6.81. The lowest BCUT2D eigenvalue weighted by molar-refractivity contribution is -0.119. The first-order valence-corrected chi connectivity index (χ1v) is 7.20. The number of carbonyl (C=O) groups is 1. The molecule has 94 valence electrons. The number of hydrogen-bond acceptors (Lipinski definition) is 3. The zero-order valence-electron chi connectivity index (χ0n) is 9.67. The third-order valence-electron chi connectivity index (χ3n) is 3.14. The molecule has 4 nitrogen and oxygen atoms in total. The van der Waals surface area contributed by atoms with E-state index in [1.165, 1.54) is 0 Å². The number of carbonyl (C=O) groups excluding carboxylic acids is 1. The first-order chi connectivity index (χ1) is 7.93. The van der Waals surface area contributed by atoms with Crippen LogP contribution in [0, 0.1) is 0 Å². The largest absolute Gasteiger partial charge is 0.369 e. The van der Waals surface area contributed by atoms with Gasteiger partial charge in [-0.1, -0.05) is 12.1 Å². The molecular weight excluding hydrogens is 238 g/mol. The lowest BCUT2D eigenvalue weighted by atomic mass is 10.0. The van der Waals surface area contributed by atoms with Gasteiger partial charge in [0.05, 0.1) is 16.1 Å². The van der Waals surface area contributed by atoms with Gasteiger partial charge < -0.3 is 5.73 Å². The predicted molar refractivity (Wildman–Crippen MR) is 68.2 cm³/mol. The molecule has 1 aliphatic carbocycles. The summed E-state index contributed by atoms with van der Waals surface area (Å²) < 4.78 is 20.0. The molecular formula is C12H17NO3S. The van der Waals surface area contributed by atoms with Crippen molar-refractivity contribution in [3.63, 3.8) is 0 Å². The number of hydrogen-bond donors (Lipinski definition) is 3. The van der Waals surface area contributed by atoms with Gasteiger partial charge in [0.15, 0.2) is 0 Å². The van der Waals surface area contributed by atoms with E-state index in [9.17, 15) is 13.9 Å². The highest BCUT2D eigenvalue weighted by Gasteiger charge is 2.36. The molecule has 1 aromatic carbocycles. The third-order valence-corrected chi connectivity index (χ3v) is 5.51. The van der Waals surface area contributed by atoms with Crippen LogP contribution in [0.15, 0.2) is 29.2 Å². The van der Waals surface area contributed by atoms with E-state index < -0.39 is 10.6 Å². The molecule has 1 aromatic rings. The van der Waals surface area contributed by atoms with Crippen LogP contribution < -0.4 is 5.73 Å². The van der Waals surface area contributed by atoms with Crippen molar-refractivity contribution in [1.82, 2.24) is 0 Å². The normalized spacial score (nSPS) is 18.8. The summed E-state index contributed by atoms with van der Waals surface area (Å²) in [6.45, 7) is 1.73. The molecule has 0 bridgehead atoms. The van der Waals surface area contributed by atoms with Crippen molar-refractivity contribution < 1.29 is 13.9 Å². The van der Waals surface area contributed by atoms with Crippen LogP contribution >= 0.6 is 10.6 Å². The number of amides is 1. The minimum absolute atomic E-state index is 0.0157. The lowest BCUT2D eigenvalue weighted by Crippen LogP contribution is -2.18. The minimum atomic E-state index is -2.64. The van der Waals surface area contributed by atoms with Gasteiger partial charge in [0.1, 0.15) is 0 Å². The smallest absolute Gasteiger partial charge is 0.224 e. The monoisotopic (exact) mass is 255 g/mol. The zero-order valence-corrected chi connectivity index (χ0v) is 10.5. The van der Waals surface area contributed by atoms with Crippen LogP contribution in [-0.4, -0.2) is 20.3 Å². The molecule has 5 heteroatoms. The fraction of sp³-hybridized carbons (Fsp3) is 0.417. The number of benzene rings is 1. The Morgan fingerprint density at radius 3 is 2.29 bits per heavy atom. The summed E-state index contributed by atoms with van der Waals surface area (Å²) in [7, 11) is -2.64. The summed E-state index contributed by atoms with van der Waals surface area (Å²) in [5.41, 5.74) is 6.02. The van der Waals surface area contributed by atoms with Gasteiger partial charge in [0, 0.05) is 0 Å². The molecule has 2 rings (SSSR count). The van der Waals surface area contributed by atoms with Crippen molar-refractivity contribution in [2.45, 2.75) is 35.8 Å². The first-order valence-electron chi connectivity index (χ1n) is 5.59. The molecule has 17 heavy (non-hydrogen) atoms. The van der Waals surface area contributed by atoms with Crippen molar-refractivity contribution in [1.29, 1.82) is 0 Å². The maximum atomic E-state index is 11.0. The summed E-state index contributed by atoms with van der Waals surface area (Å²) in [5, 5.41) is 0.0157. The molecule has 0 spiro atoms.